The molecule has 5 heteroatoms. The minimum Gasteiger partial charge on any atom is -0.461 e. The smallest absolute Gasteiger partial charge is 0.311 e. The highest BCUT2D eigenvalue weighted by molar-refractivity contribution is 5.79. The standard InChI is InChI=1S/C32H48O5/c1-18-10-13-32(35-17-18)19(2)27-25(37-32)15-24-22-9-8-20-14-21(33)11-12-30(20,6)23(22)16-26(31(24,27)7)36-28(34)29(3,4)5/h15,18-20,22-23,25-27H,8-14,16-17H2,1-7H3/t18-,19-,20-,22+,23-,25-,26-,27-,30-,31+,32+/m0/s1. The van der Waals surface area contributed by atoms with Crippen molar-refractivity contribution in [2.45, 2.75) is 118 Å². The maximum Gasteiger partial charge on any atom is 0.311 e. The average Bonchev–Trinajstić information content (AvgIpc) is 3.27. The van der Waals surface area contributed by atoms with Crippen LogP contribution in [0.25, 0.3) is 0 Å². The molecule has 11 atom stereocenters. The van der Waals surface area contributed by atoms with Crippen molar-refractivity contribution in [3.8, 4) is 0 Å². The van der Waals surface area contributed by atoms with Crippen LogP contribution in [0.3, 0.4) is 0 Å². The highest BCUT2D eigenvalue weighted by Gasteiger charge is 2.69. The fourth-order valence-electron chi connectivity index (χ4n) is 9.72. The van der Waals surface area contributed by atoms with Crippen LogP contribution in [0.4, 0.5) is 0 Å². The fourth-order valence-corrected chi connectivity index (χ4v) is 9.72. The summed E-state index contributed by atoms with van der Waals surface area (Å²) in [5.74, 6) is 2.22. The van der Waals surface area contributed by atoms with Crippen molar-refractivity contribution in [3.05, 3.63) is 11.6 Å². The minimum atomic E-state index is -0.549. The highest BCUT2D eigenvalue weighted by atomic mass is 16.7. The molecule has 37 heavy (non-hydrogen) atoms. The van der Waals surface area contributed by atoms with Gasteiger partial charge >= 0.3 is 5.97 Å². The Morgan fingerprint density at radius 2 is 1.86 bits per heavy atom. The molecule has 0 aromatic heterocycles. The van der Waals surface area contributed by atoms with Gasteiger partial charge in [0.05, 0.1) is 18.1 Å². The molecule has 0 aromatic rings. The molecular weight excluding hydrogens is 464 g/mol. The van der Waals surface area contributed by atoms with Gasteiger partial charge in [0, 0.05) is 36.5 Å². The molecule has 0 N–H and O–H groups in total. The van der Waals surface area contributed by atoms with Crippen LogP contribution < -0.4 is 0 Å². The number of hydrogen-bond donors (Lipinski definition) is 0. The number of hydrogen-bond acceptors (Lipinski definition) is 5. The number of ketones is 1. The van der Waals surface area contributed by atoms with Gasteiger partial charge in [-0.1, -0.05) is 39.3 Å². The van der Waals surface area contributed by atoms with Gasteiger partial charge in [0.15, 0.2) is 5.79 Å². The lowest BCUT2D eigenvalue weighted by Gasteiger charge is -2.60. The molecule has 0 unspecified atom stereocenters. The molecular formula is C32H48O5. The third-order valence-electron chi connectivity index (χ3n) is 12.1. The van der Waals surface area contributed by atoms with E-state index in [9.17, 15) is 9.59 Å². The first-order valence-electron chi connectivity index (χ1n) is 15.1. The molecule has 5 nitrogen and oxygen atoms in total. The van der Waals surface area contributed by atoms with E-state index < -0.39 is 11.2 Å². The van der Waals surface area contributed by atoms with E-state index in [1.807, 2.05) is 20.8 Å². The summed E-state index contributed by atoms with van der Waals surface area (Å²) in [4.78, 5) is 25.8. The molecule has 0 radical (unpaired) electrons. The summed E-state index contributed by atoms with van der Waals surface area (Å²) >= 11 is 0. The summed E-state index contributed by atoms with van der Waals surface area (Å²) < 4.78 is 20.0. The van der Waals surface area contributed by atoms with Crippen molar-refractivity contribution in [2.75, 3.05) is 6.61 Å². The van der Waals surface area contributed by atoms with E-state index in [0.717, 1.165) is 51.6 Å². The monoisotopic (exact) mass is 512 g/mol. The van der Waals surface area contributed by atoms with E-state index >= 15 is 0 Å². The maximum absolute atomic E-state index is 13.4. The van der Waals surface area contributed by atoms with Crippen LogP contribution in [0.15, 0.2) is 11.6 Å². The number of carbonyl (C=O) groups is 2. The first-order chi connectivity index (χ1) is 17.3. The Morgan fingerprint density at radius 3 is 2.54 bits per heavy atom. The second-order valence-electron chi connectivity index (χ2n) is 15.2. The second kappa shape index (κ2) is 8.40. The van der Waals surface area contributed by atoms with E-state index in [4.69, 9.17) is 14.2 Å². The number of esters is 1. The van der Waals surface area contributed by atoms with Gasteiger partial charge in [0.2, 0.25) is 0 Å². The second-order valence-corrected chi connectivity index (χ2v) is 15.2. The first-order valence-corrected chi connectivity index (χ1v) is 15.1. The third kappa shape index (κ3) is 3.68. The molecule has 3 saturated carbocycles. The van der Waals surface area contributed by atoms with Crippen molar-refractivity contribution in [3.63, 3.8) is 0 Å². The lowest BCUT2D eigenvalue weighted by Crippen LogP contribution is -2.58. The molecule has 0 bridgehead atoms. The van der Waals surface area contributed by atoms with Gasteiger partial charge in [-0.2, -0.15) is 0 Å². The van der Waals surface area contributed by atoms with Gasteiger partial charge < -0.3 is 14.2 Å². The molecule has 6 aliphatic rings. The zero-order valence-corrected chi connectivity index (χ0v) is 24.1. The van der Waals surface area contributed by atoms with Crippen LogP contribution in [0, 0.1) is 51.8 Å². The van der Waals surface area contributed by atoms with Gasteiger partial charge in [0.25, 0.3) is 0 Å². The Bertz CT molecular complexity index is 999. The molecule has 4 aliphatic carbocycles. The third-order valence-corrected chi connectivity index (χ3v) is 12.1. The van der Waals surface area contributed by atoms with Gasteiger partial charge in [-0.3, -0.25) is 9.59 Å². The molecule has 2 heterocycles. The molecule has 1 spiro atoms. The van der Waals surface area contributed by atoms with Crippen molar-refractivity contribution in [1.29, 1.82) is 0 Å². The Kier molecular flexibility index (Phi) is 5.91. The van der Waals surface area contributed by atoms with Gasteiger partial charge in [0.1, 0.15) is 11.9 Å². The summed E-state index contributed by atoms with van der Waals surface area (Å²) in [5, 5.41) is 0. The van der Waals surface area contributed by atoms with Crippen molar-refractivity contribution < 1.29 is 23.8 Å². The molecule has 5 fully saturated rings. The van der Waals surface area contributed by atoms with E-state index in [-0.39, 0.29) is 40.8 Å². The fraction of sp³-hybridized carbons (Fsp3) is 0.875. The quantitative estimate of drug-likeness (QED) is 0.297. The first kappa shape index (κ1) is 26.0. The number of carbonyl (C=O) groups excluding carboxylic acids is 2. The predicted molar refractivity (Wildman–Crippen MR) is 141 cm³/mol. The summed E-state index contributed by atoms with van der Waals surface area (Å²) in [5.41, 5.74) is 0.801. The molecule has 2 saturated heterocycles. The molecule has 206 valence electrons. The largest absolute Gasteiger partial charge is 0.461 e. The molecule has 6 rings (SSSR count). The number of Topliss-reactive ketones (excluding diaryl/α,β-unsaturated/α-hetero) is 1. The summed E-state index contributed by atoms with van der Waals surface area (Å²) in [6.07, 6.45) is 9.88. The van der Waals surface area contributed by atoms with E-state index in [0.29, 0.717) is 35.9 Å². The Morgan fingerprint density at radius 1 is 1.11 bits per heavy atom. The van der Waals surface area contributed by atoms with Crippen LogP contribution in [-0.2, 0) is 23.8 Å². The molecule has 0 aromatic carbocycles. The van der Waals surface area contributed by atoms with Crippen LogP contribution in [-0.4, -0.2) is 36.4 Å². The summed E-state index contributed by atoms with van der Waals surface area (Å²) in [7, 11) is 0. The van der Waals surface area contributed by atoms with Gasteiger partial charge in [-0.15, -0.1) is 0 Å². The van der Waals surface area contributed by atoms with Crippen LogP contribution in [0.5, 0.6) is 0 Å². The molecule has 2 aliphatic heterocycles. The van der Waals surface area contributed by atoms with Crippen LogP contribution >= 0.6 is 0 Å². The highest BCUT2D eigenvalue weighted by Crippen LogP contribution is 2.69. The lowest BCUT2D eigenvalue weighted by atomic mass is 9.45. The normalized spacial score (nSPS) is 51.1. The maximum atomic E-state index is 13.4. The number of rotatable bonds is 1. The predicted octanol–water partition coefficient (Wildman–Crippen LogP) is 6.49. The lowest BCUT2D eigenvalue weighted by molar-refractivity contribution is -0.265. The van der Waals surface area contributed by atoms with Crippen molar-refractivity contribution in [2.24, 2.45) is 51.8 Å². The van der Waals surface area contributed by atoms with E-state index in [2.05, 4.69) is 33.8 Å². The minimum absolute atomic E-state index is 0.0106. The summed E-state index contributed by atoms with van der Waals surface area (Å²) in [6, 6.07) is 0. The number of fused-ring (bicyclic) bond motifs is 7. The zero-order chi connectivity index (χ0) is 26.5. The van der Waals surface area contributed by atoms with Gasteiger partial charge in [-0.25, -0.2) is 0 Å². The summed E-state index contributed by atoms with van der Waals surface area (Å²) in [6.45, 7) is 16.0. The Balaban J connectivity index is 1.39. The average molecular weight is 513 g/mol. The van der Waals surface area contributed by atoms with E-state index in [1.54, 1.807) is 0 Å². The van der Waals surface area contributed by atoms with Crippen LogP contribution in [0.2, 0.25) is 0 Å². The van der Waals surface area contributed by atoms with Crippen molar-refractivity contribution >= 4 is 11.8 Å². The molecule has 0 amide bonds. The SMILES string of the molecule is C[C@H]1CC[C@@]2(OC1)O[C@H]1C=C3[C@@H]4CC[C@H]5CC(=O)CC[C@]5(C)[C@H]4C[C@H](OC(=O)C(C)(C)C)[C@]3(C)[C@H]1[C@@H]2C. The topological polar surface area (TPSA) is 61.8 Å². The van der Waals surface area contributed by atoms with E-state index in [1.165, 1.54) is 5.57 Å². The van der Waals surface area contributed by atoms with Crippen LogP contribution in [0.1, 0.15) is 99.8 Å². The number of ether oxygens (including phenoxy) is 3. The zero-order valence-electron chi connectivity index (χ0n) is 24.1. The Labute approximate surface area is 223 Å². The van der Waals surface area contributed by atoms with Gasteiger partial charge in [-0.05, 0) is 82.0 Å². The Hall–Kier alpha value is -1.20. The van der Waals surface area contributed by atoms with Crippen molar-refractivity contribution in [1.82, 2.24) is 0 Å².